The molecule has 0 saturated carbocycles. The fourth-order valence-electron chi connectivity index (χ4n) is 1.69. The highest BCUT2D eigenvalue weighted by atomic mass is 35.5. The van der Waals surface area contributed by atoms with Gasteiger partial charge in [-0.05, 0) is 25.4 Å². The third kappa shape index (κ3) is 5.03. The van der Waals surface area contributed by atoms with Crippen molar-refractivity contribution in [3.63, 3.8) is 0 Å². The zero-order chi connectivity index (χ0) is 16.0. The molecule has 1 heterocycles. The number of hydrogen-bond acceptors (Lipinski definition) is 7. The average Bonchev–Trinajstić information content (AvgIpc) is 2.37. The number of carbonyl (C=O) groups is 2. The third-order valence-electron chi connectivity index (χ3n) is 2.61. The van der Waals surface area contributed by atoms with Crippen molar-refractivity contribution in [1.82, 2.24) is 15.0 Å². The van der Waals surface area contributed by atoms with Crippen LogP contribution in [0.1, 0.15) is 13.8 Å². The summed E-state index contributed by atoms with van der Waals surface area (Å²) >= 11 is 5.88. The van der Waals surface area contributed by atoms with Gasteiger partial charge in [0.2, 0.25) is 29.0 Å². The fourth-order valence-corrected chi connectivity index (χ4v) is 1.84. The van der Waals surface area contributed by atoms with Gasteiger partial charge in [-0.3, -0.25) is 9.59 Å². The summed E-state index contributed by atoms with van der Waals surface area (Å²) in [5.74, 6) is -0.849. The van der Waals surface area contributed by atoms with E-state index in [1.165, 1.54) is 4.90 Å². The van der Waals surface area contributed by atoms with E-state index < -0.39 is 11.8 Å². The van der Waals surface area contributed by atoms with Crippen LogP contribution in [0.15, 0.2) is 0 Å². The maximum absolute atomic E-state index is 11.1. The molecule has 0 unspecified atom stereocenters. The molecule has 4 N–H and O–H groups in total. The Morgan fingerprint density at radius 3 is 1.76 bits per heavy atom. The van der Waals surface area contributed by atoms with Crippen LogP contribution in [0.4, 0.5) is 11.9 Å². The summed E-state index contributed by atoms with van der Waals surface area (Å²) < 4.78 is 0. The van der Waals surface area contributed by atoms with Crippen LogP contribution < -0.4 is 21.3 Å². The quantitative estimate of drug-likeness (QED) is 0.638. The molecule has 0 saturated heterocycles. The lowest BCUT2D eigenvalue weighted by atomic mass is 10.4. The molecule has 9 nitrogen and oxygen atoms in total. The van der Waals surface area contributed by atoms with E-state index in [1.807, 2.05) is 18.7 Å². The van der Waals surface area contributed by atoms with E-state index >= 15 is 0 Å². The van der Waals surface area contributed by atoms with Crippen LogP contribution in [-0.4, -0.2) is 52.9 Å². The molecule has 0 spiro atoms. The van der Waals surface area contributed by atoms with Crippen molar-refractivity contribution in [3.05, 3.63) is 5.28 Å². The first kappa shape index (κ1) is 16.9. The van der Waals surface area contributed by atoms with E-state index in [0.717, 1.165) is 0 Å². The van der Waals surface area contributed by atoms with Crippen molar-refractivity contribution < 1.29 is 9.59 Å². The van der Waals surface area contributed by atoms with Crippen LogP contribution in [0.2, 0.25) is 5.28 Å². The highest BCUT2D eigenvalue weighted by molar-refractivity contribution is 6.28. The Kier molecular flexibility index (Phi) is 6.10. The molecule has 0 aliphatic rings. The first-order chi connectivity index (χ1) is 9.87. The number of rotatable bonds is 8. The Bertz CT molecular complexity index is 505. The monoisotopic (exact) mass is 315 g/mol. The van der Waals surface area contributed by atoms with Crippen LogP contribution in [0, 0.1) is 0 Å². The number of nitrogens with zero attached hydrogens (tertiary/aromatic N) is 5. The van der Waals surface area contributed by atoms with Gasteiger partial charge in [-0.25, -0.2) is 0 Å². The molecule has 0 fully saturated rings. The van der Waals surface area contributed by atoms with Crippen molar-refractivity contribution in [2.24, 2.45) is 11.5 Å². The lowest BCUT2D eigenvalue weighted by Crippen LogP contribution is -2.41. The van der Waals surface area contributed by atoms with Gasteiger partial charge in [0.05, 0.1) is 0 Å². The number of aromatic nitrogens is 3. The Morgan fingerprint density at radius 1 is 0.952 bits per heavy atom. The van der Waals surface area contributed by atoms with E-state index in [1.54, 1.807) is 0 Å². The van der Waals surface area contributed by atoms with E-state index in [4.69, 9.17) is 23.1 Å². The molecule has 1 rings (SSSR count). The molecule has 10 heteroatoms. The Morgan fingerprint density at radius 2 is 1.38 bits per heavy atom. The molecule has 2 amide bonds. The highest BCUT2D eigenvalue weighted by Crippen LogP contribution is 2.16. The molecule has 1 aromatic heterocycles. The van der Waals surface area contributed by atoms with Gasteiger partial charge in [0.15, 0.2) is 0 Å². The number of nitrogens with two attached hydrogens (primary N) is 2. The normalized spacial score (nSPS) is 10.2. The lowest BCUT2D eigenvalue weighted by molar-refractivity contribution is -0.117. The summed E-state index contributed by atoms with van der Waals surface area (Å²) in [5.41, 5.74) is 10.3. The molecule has 0 radical (unpaired) electrons. The lowest BCUT2D eigenvalue weighted by Gasteiger charge is -2.23. The van der Waals surface area contributed by atoms with Gasteiger partial charge in [-0.15, -0.1) is 0 Å². The molecule has 1 aromatic rings. The molecule has 0 aromatic carbocycles. The SMILES string of the molecule is CCN(CC)c1nc(Cl)nc(N(CC(N)=O)CC(N)=O)n1. The molecule has 0 aliphatic heterocycles. The minimum atomic E-state index is -0.642. The topological polar surface area (TPSA) is 131 Å². The zero-order valence-corrected chi connectivity index (χ0v) is 12.7. The van der Waals surface area contributed by atoms with Crippen LogP contribution >= 0.6 is 11.6 Å². The number of anilines is 2. The van der Waals surface area contributed by atoms with Crippen molar-refractivity contribution in [2.75, 3.05) is 36.0 Å². The summed E-state index contributed by atoms with van der Waals surface area (Å²) in [6, 6.07) is 0. The molecular formula is C11H18ClN7O2. The van der Waals surface area contributed by atoms with Gasteiger partial charge in [0, 0.05) is 13.1 Å². The largest absolute Gasteiger partial charge is 0.368 e. The van der Waals surface area contributed by atoms with E-state index in [2.05, 4.69) is 15.0 Å². The van der Waals surface area contributed by atoms with Gasteiger partial charge in [-0.1, -0.05) is 0 Å². The molecule has 0 atom stereocenters. The summed E-state index contributed by atoms with van der Waals surface area (Å²) in [5, 5.41) is -0.0409. The van der Waals surface area contributed by atoms with Crippen molar-refractivity contribution in [1.29, 1.82) is 0 Å². The van der Waals surface area contributed by atoms with Crippen molar-refractivity contribution in [3.8, 4) is 0 Å². The Balaban J connectivity index is 3.17. The van der Waals surface area contributed by atoms with Gasteiger partial charge < -0.3 is 21.3 Å². The van der Waals surface area contributed by atoms with Gasteiger partial charge in [0.1, 0.15) is 13.1 Å². The number of halogens is 1. The van der Waals surface area contributed by atoms with Crippen LogP contribution in [0.3, 0.4) is 0 Å². The minimum Gasteiger partial charge on any atom is -0.368 e. The molecular weight excluding hydrogens is 298 g/mol. The smallest absolute Gasteiger partial charge is 0.237 e. The number of amides is 2. The Labute approximate surface area is 127 Å². The van der Waals surface area contributed by atoms with E-state index in [9.17, 15) is 9.59 Å². The number of primary amides is 2. The highest BCUT2D eigenvalue weighted by Gasteiger charge is 2.18. The van der Waals surface area contributed by atoms with E-state index in [0.29, 0.717) is 19.0 Å². The summed E-state index contributed by atoms with van der Waals surface area (Å²) in [6.07, 6.45) is 0. The Hall–Kier alpha value is -2.16. The molecule has 0 bridgehead atoms. The van der Waals surface area contributed by atoms with Crippen LogP contribution in [0.5, 0.6) is 0 Å². The second-order valence-corrected chi connectivity index (χ2v) is 4.50. The fraction of sp³-hybridized carbons (Fsp3) is 0.545. The first-order valence-electron chi connectivity index (χ1n) is 6.35. The predicted octanol–water partition coefficient (Wildman–Crippen LogP) is -0.852. The van der Waals surface area contributed by atoms with Crippen molar-refractivity contribution >= 4 is 35.3 Å². The average molecular weight is 316 g/mol. The minimum absolute atomic E-state index is 0.0409. The van der Waals surface area contributed by atoms with Crippen molar-refractivity contribution in [2.45, 2.75) is 13.8 Å². The van der Waals surface area contributed by atoms with Gasteiger partial charge in [-0.2, -0.15) is 15.0 Å². The van der Waals surface area contributed by atoms with E-state index in [-0.39, 0.29) is 24.3 Å². The molecule has 116 valence electrons. The second-order valence-electron chi connectivity index (χ2n) is 4.17. The van der Waals surface area contributed by atoms with Crippen LogP contribution in [-0.2, 0) is 9.59 Å². The molecule has 21 heavy (non-hydrogen) atoms. The molecule has 0 aliphatic carbocycles. The summed E-state index contributed by atoms with van der Waals surface area (Å²) in [6.45, 7) is 4.71. The second kappa shape index (κ2) is 7.58. The number of hydrogen-bond donors (Lipinski definition) is 2. The first-order valence-corrected chi connectivity index (χ1v) is 6.73. The maximum Gasteiger partial charge on any atom is 0.237 e. The summed E-state index contributed by atoms with van der Waals surface area (Å²) in [4.78, 5) is 37.5. The summed E-state index contributed by atoms with van der Waals surface area (Å²) in [7, 11) is 0. The standard InChI is InChI=1S/C11H18ClN7O2/c1-3-18(4-2)10-15-9(12)16-11(17-10)19(5-7(13)20)6-8(14)21/h3-6H2,1-2H3,(H2,13,20)(H2,14,21). The predicted molar refractivity (Wildman–Crippen MR) is 79.0 cm³/mol. The number of carbonyl (C=O) groups excluding carboxylic acids is 2. The van der Waals surface area contributed by atoms with Crippen LogP contribution in [0.25, 0.3) is 0 Å². The van der Waals surface area contributed by atoms with Gasteiger partial charge in [0.25, 0.3) is 0 Å². The maximum atomic E-state index is 11.1. The third-order valence-corrected chi connectivity index (χ3v) is 2.78. The van der Waals surface area contributed by atoms with Gasteiger partial charge >= 0.3 is 0 Å². The zero-order valence-electron chi connectivity index (χ0n) is 11.9.